The lowest BCUT2D eigenvalue weighted by Gasteiger charge is -2.23. The van der Waals surface area contributed by atoms with Crippen LogP contribution >= 0.6 is 0 Å². The third-order valence-electron chi connectivity index (χ3n) is 2.61. The van der Waals surface area contributed by atoms with Crippen molar-refractivity contribution in [1.29, 1.82) is 0 Å². The Kier molecular flexibility index (Phi) is 1.87. The fourth-order valence-corrected chi connectivity index (χ4v) is 1.90. The van der Waals surface area contributed by atoms with E-state index in [1.54, 1.807) is 0 Å². The maximum absolute atomic E-state index is 12.9. The van der Waals surface area contributed by atoms with Gasteiger partial charge in [0.2, 0.25) is 0 Å². The van der Waals surface area contributed by atoms with Gasteiger partial charge >= 0.3 is 12.0 Å². The van der Waals surface area contributed by atoms with E-state index in [1.807, 2.05) is 0 Å². The van der Waals surface area contributed by atoms with Crippen molar-refractivity contribution in [2.75, 3.05) is 0 Å². The van der Waals surface area contributed by atoms with Gasteiger partial charge in [0, 0.05) is 12.3 Å². The molecule has 1 saturated heterocycles. The summed E-state index contributed by atoms with van der Waals surface area (Å²) in [6, 6.07) is 0. The molecular weight excluding hydrogens is 208 g/mol. The van der Waals surface area contributed by atoms with Crippen LogP contribution in [0.3, 0.4) is 0 Å². The fraction of sp³-hybridized carbons (Fsp3) is 1.00. The molecule has 0 bridgehead atoms. The summed E-state index contributed by atoms with van der Waals surface area (Å²) in [5, 5.41) is 17.2. The average molecular weight is 216 g/mol. The van der Waals surface area contributed by atoms with Gasteiger partial charge in [-0.25, -0.2) is 8.78 Å². The van der Waals surface area contributed by atoms with E-state index in [1.165, 1.54) is 0 Å². The summed E-state index contributed by atoms with van der Waals surface area (Å²) >= 11 is 0. The minimum Gasteiger partial charge on any atom is -0.386 e. The molecule has 1 aliphatic carbocycles. The van der Waals surface area contributed by atoms with Gasteiger partial charge in [-0.05, 0) is 0 Å². The molecule has 0 aromatic heterocycles. The van der Waals surface area contributed by atoms with Gasteiger partial charge in [-0.1, -0.05) is 0 Å². The zero-order valence-electron chi connectivity index (χ0n) is 6.83. The molecular formula is C7H8F4O3. The maximum Gasteiger partial charge on any atom is 0.353 e. The van der Waals surface area contributed by atoms with Crippen LogP contribution in [0.15, 0.2) is 0 Å². The lowest BCUT2D eigenvalue weighted by molar-refractivity contribution is -0.226. The standard InChI is InChI=1S/C7H8F4O3/c8-6(9,13)1-2-3-5(14-3)7(10,11)4(2)12/h2-5,12-13H,1H2. The first-order chi connectivity index (χ1) is 6.23. The number of hydrogen-bond acceptors (Lipinski definition) is 3. The van der Waals surface area contributed by atoms with E-state index in [4.69, 9.17) is 10.2 Å². The molecule has 4 atom stereocenters. The molecule has 0 amide bonds. The Bertz CT molecular complexity index is 252. The molecule has 3 nitrogen and oxygen atoms in total. The first-order valence-corrected chi connectivity index (χ1v) is 4.05. The Morgan fingerprint density at radius 1 is 1.36 bits per heavy atom. The first kappa shape index (κ1) is 10.1. The molecule has 0 radical (unpaired) electrons. The van der Waals surface area contributed by atoms with Crippen LogP contribution in [0.5, 0.6) is 0 Å². The van der Waals surface area contributed by atoms with Gasteiger partial charge in [0.25, 0.3) is 0 Å². The van der Waals surface area contributed by atoms with Crippen molar-refractivity contribution >= 4 is 0 Å². The highest BCUT2D eigenvalue weighted by atomic mass is 19.3. The van der Waals surface area contributed by atoms with Crippen LogP contribution in [0.1, 0.15) is 6.42 Å². The van der Waals surface area contributed by atoms with Crippen LogP contribution in [0.25, 0.3) is 0 Å². The maximum atomic E-state index is 12.9. The summed E-state index contributed by atoms with van der Waals surface area (Å²) in [4.78, 5) is 0. The third-order valence-corrected chi connectivity index (χ3v) is 2.61. The lowest BCUT2D eigenvalue weighted by Crippen LogP contribution is -2.40. The Morgan fingerprint density at radius 2 is 1.93 bits per heavy atom. The lowest BCUT2D eigenvalue weighted by atomic mass is 9.99. The molecule has 0 aromatic rings. The van der Waals surface area contributed by atoms with E-state index in [0.29, 0.717) is 0 Å². The summed E-state index contributed by atoms with van der Waals surface area (Å²) in [7, 11) is 0. The molecule has 0 aromatic carbocycles. The van der Waals surface area contributed by atoms with Crippen LogP contribution < -0.4 is 0 Å². The van der Waals surface area contributed by atoms with Crippen LogP contribution in [0, 0.1) is 5.92 Å². The summed E-state index contributed by atoms with van der Waals surface area (Å²) < 4.78 is 54.5. The van der Waals surface area contributed by atoms with Gasteiger partial charge in [0.1, 0.15) is 6.10 Å². The molecule has 2 rings (SSSR count). The Morgan fingerprint density at radius 3 is 2.29 bits per heavy atom. The Balaban J connectivity index is 2.09. The number of halogens is 4. The Hall–Kier alpha value is -0.400. The predicted octanol–water partition coefficient (Wildman–Crippen LogP) is 0.355. The first-order valence-electron chi connectivity index (χ1n) is 4.05. The fourth-order valence-electron chi connectivity index (χ4n) is 1.90. The molecule has 1 aliphatic heterocycles. The highest BCUT2D eigenvalue weighted by Gasteiger charge is 2.73. The predicted molar refractivity (Wildman–Crippen MR) is 34.9 cm³/mol. The molecule has 2 N–H and O–H groups in total. The van der Waals surface area contributed by atoms with Gasteiger partial charge < -0.3 is 14.9 Å². The topological polar surface area (TPSA) is 53.0 Å². The zero-order chi connectivity index (χ0) is 10.7. The number of aliphatic hydroxyl groups excluding tert-OH is 1. The van der Waals surface area contributed by atoms with Crippen molar-refractivity contribution in [3.05, 3.63) is 0 Å². The van der Waals surface area contributed by atoms with E-state index >= 15 is 0 Å². The Labute approximate surface area is 76.3 Å². The minimum atomic E-state index is -4.05. The molecule has 2 aliphatic rings. The highest BCUT2D eigenvalue weighted by molar-refractivity contribution is 5.13. The van der Waals surface area contributed by atoms with Gasteiger partial charge in [-0.15, -0.1) is 0 Å². The number of rotatable bonds is 2. The largest absolute Gasteiger partial charge is 0.386 e. The number of epoxide rings is 1. The number of alkyl halides is 4. The summed E-state index contributed by atoms with van der Waals surface area (Å²) in [5.41, 5.74) is 0. The van der Waals surface area contributed by atoms with E-state index in [-0.39, 0.29) is 0 Å². The molecule has 1 saturated carbocycles. The second kappa shape index (κ2) is 2.59. The third kappa shape index (κ3) is 1.39. The van der Waals surface area contributed by atoms with E-state index < -0.39 is 42.7 Å². The summed E-state index contributed by atoms with van der Waals surface area (Å²) in [5.74, 6) is -4.89. The van der Waals surface area contributed by atoms with Crippen molar-refractivity contribution in [1.82, 2.24) is 0 Å². The molecule has 4 unspecified atom stereocenters. The number of hydrogen-bond donors (Lipinski definition) is 2. The van der Waals surface area contributed by atoms with Gasteiger partial charge in [-0.3, -0.25) is 0 Å². The van der Waals surface area contributed by atoms with Crippen LogP contribution in [-0.4, -0.2) is 40.6 Å². The van der Waals surface area contributed by atoms with E-state index in [9.17, 15) is 17.6 Å². The van der Waals surface area contributed by atoms with Crippen LogP contribution in [-0.2, 0) is 4.74 Å². The molecule has 82 valence electrons. The highest BCUT2D eigenvalue weighted by Crippen LogP contribution is 2.54. The van der Waals surface area contributed by atoms with Crippen molar-refractivity contribution in [2.45, 2.75) is 36.8 Å². The summed E-state index contributed by atoms with van der Waals surface area (Å²) in [6.07, 6.45) is -9.94. The smallest absolute Gasteiger partial charge is 0.353 e. The molecule has 2 fully saturated rings. The van der Waals surface area contributed by atoms with E-state index in [2.05, 4.69) is 4.74 Å². The van der Waals surface area contributed by atoms with Gasteiger partial charge in [-0.2, -0.15) is 8.78 Å². The van der Waals surface area contributed by atoms with E-state index in [0.717, 1.165) is 0 Å². The number of aliphatic hydroxyl groups is 2. The van der Waals surface area contributed by atoms with Crippen molar-refractivity contribution < 1.29 is 32.5 Å². The second-order valence-corrected chi connectivity index (χ2v) is 3.67. The minimum absolute atomic E-state index is 1.06. The number of ether oxygens (including phenoxy) is 1. The van der Waals surface area contributed by atoms with Crippen molar-refractivity contribution in [2.24, 2.45) is 5.92 Å². The average Bonchev–Trinajstić information content (AvgIpc) is 2.71. The summed E-state index contributed by atoms with van der Waals surface area (Å²) in [6.45, 7) is 0. The van der Waals surface area contributed by atoms with Crippen molar-refractivity contribution in [3.8, 4) is 0 Å². The number of fused-ring (bicyclic) bond motifs is 1. The quantitative estimate of drug-likeness (QED) is 0.517. The molecule has 7 heteroatoms. The van der Waals surface area contributed by atoms with Gasteiger partial charge in [0.15, 0.2) is 6.10 Å². The molecule has 1 heterocycles. The van der Waals surface area contributed by atoms with Crippen molar-refractivity contribution in [3.63, 3.8) is 0 Å². The van der Waals surface area contributed by atoms with Crippen LogP contribution in [0.2, 0.25) is 0 Å². The molecule has 14 heavy (non-hydrogen) atoms. The normalized spacial score (nSPS) is 45.0. The van der Waals surface area contributed by atoms with Crippen LogP contribution in [0.4, 0.5) is 17.6 Å². The monoisotopic (exact) mass is 216 g/mol. The van der Waals surface area contributed by atoms with Gasteiger partial charge in [0.05, 0.1) is 6.10 Å². The molecule has 0 spiro atoms. The zero-order valence-corrected chi connectivity index (χ0v) is 6.83. The SMILES string of the molecule is OC1C(CC(O)(F)F)C2OC2C1(F)F. The second-order valence-electron chi connectivity index (χ2n) is 3.67.